The maximum atomic E-state index is 12.7. The van der Waals surface area contributed by atoms with Crippen LogP contribution in [0, 0.1) is 5.92 Å². The lowest BCUT2D eigenvalue weighted by molar-refractivity contribution is -0.115. The standard InChI is InChI=1S/C11H14F3NO/c1-7(16)6-10(11(12,13)14)8-2-4-9(15)5-3-8/h2,4,6,8-9H,3,5,15H2,1H3/b10-6+. The van der Waals surface area contributed by atoms with E-state index in [1.54, 1.807) is 6.08 Å². The number of halogens is 3. The summed E-state index contributed by atoms with van der Waals surface area (Å²) in [6.45, 7) is 1.12. The molecular weight excluding hydrogens is 219 g/mol. The first-order chi connectivity index (χ1) is 7.30. The van der Waals surface area contributed by atoms with Crippen LogP contribution in [0.25, 0.3) is 0 Å². The summed E-state index contributed by atoms with van der Waals surface area (Å²) >= 11 is 0. The van der Waals surface area contributed by atoms with Crippen molar-refractivity contribution in [2.24, 2.45) is 11.7 Å². The van der Waals surface area contributed by atoms with Crippen LogP contribution in [-0.4, -0.2) is 18.0 Å². The van der Waals surface area contributed by atoms with E-state index in [2.05, 4.69) is 0 Å². The van der Waals surface area contributed by atoms with Crippen molar-refractivity contribution in [3.05, 3.63) is 23.8 Å². The molecule has 0 aromatic heterocycles. The molecule has 0 fully saturated rings. The Morgan fingerprint density at radius 1 is 1.38 bits per heavy atom. The largest absolute Gasteiger partial charge is 0.413 e. The van der Waals surface area contributed by atoms with Gasteiger partial charge < -0.3 is 5.73 Å². The molecule has 16 heavy (non-hydrogen) atoms. The Morgan fingerprint density at radius 2 is 2.00 bits per heavy atom. The molecule has 0 aromatic rings. The lowest BCUT2D eigenvalue weighted by Gasteiger charge is -2.24. The number of nitrogens with two attached hydrogens (primary N) is 1. The predicted octanol–water partition coefficient (Wildman–Crippen LogP) is 2.36. The van der Waals surface area contributed by atoms with Gasteiger partial charge in [0.25, 0.3) is 0 Å². The van der Waals surface area contributed by atoms with Crippen molar-refractivity contribution in [2.45, 2.75) is 32.0 Å². The minimum atomic E-state index is -4.46. The van der Waals surface area contributed by atoms with Gasteiger partial charge in [0.15, 0.2) is 5.78 Å². The van der Waals surface area contributed by atoms with Crippen LogP contribution in [0.2, 0.25) is 0 Å². The number of rotatable bonds is 2. The molecule has 5 heteroatoms. The molecule has 0 aromatic carbocycles. The molecule has 1 aliphatic rings. The van der Waals surface area contributed by atoms with E-state index >= 15 is 0 Å². The third-order valence-corrected chi connectivity index (χ3v) is 2.49. The zero-order valence-corrected chi connectivity index (χ0v) is 8.92. The summed E-state index contributed by atoms with van der Waals surface area (Å²) in [6.07, 6.45) is 0.0566. The van der Waals surface area contributed by atoms with Gasteiger partial charge in [-0.15, -0.1) is 0 Å². The fourth-order valence-corrected chi connectivity index (χ4v) is 1.72. The van der Waals surface area contributed by atoms with Crippen molar-refractivity contribution in [1.29, 1.82) is 0 Å². The number of hydrogen-bond donors (Lipinski definition) is 1. The Hall–Kier alpha value is -1.10. The third-order valence-electron chi connectivity index (χ3n) is 2.49. The maximum absolute atomic E-state index is 12.7. The normalized spacial score (nSPS) is 26.9. The van der Waals surface area contributed by atoms with Gasteiger partial charge in [-0.3, -0.25) is 4.79 Å². The summed E-state index contributed by atoms with van der Waals surface area (Å²) in [7, 11) is 0. The summed E-state index contributed by atoms with van der Waals surface area (Å²) in [5.41, 5.74) is 4.78. The second kappa shape index (κ2) is 4.82. The van der Waals surface area contributed by atoms with Gasteiger partial charge in [-0.1, -0.05) is 12.2 Å². The van der Waals surface area contributed by atoms with Gasteiger partial charge in [0.2, 0.25) is 0 Å². The highest BCUT2D eigenvalue weighted by Gasteiger charge is 2.38. The average Bonchev–Trinajstić information content (AvgIpc) is 2.14. The number of allylic oxidation sites excluding steroid dienone is 3. The van der Waals surface area contributed by atoms with E-state index in [1.165, 1.54) is 6.08 Å². The lowest BCUT2D eigenvalue weighted by atomic mass is 9.86. The summed E-state index contributed by atoms with van der Waals surface area (Å²) in [4.78, 5) is 10.8. The predicted molar refractivity (Wildman–Crippen MR) is 54.7 cm³/mol. The van der Waals surface area contributed by atoms with E-state index in [0.717, 1.165) is 6.92 Å². The highest BCUT2D eigenvalue weighted by atomic mass is 19.4. The minimum absolute atomic E-state index is 0.178. The van der Waals surface area contributed by atoms with E-state index in [0.29, 0.717) is 18.9 Å². The SMILES string of the molecule is CC(=O)/C=C(\C1C=CC(N)CC1)C(F)(F)F. The molecule has 1 rings (SSSR count). The van der Waals surface area contributed by atoms with Crippen molar-refractivity contribution in [1.82, 2.24) is 0 Å². The average molecular weight is 233 g/mol. The zero-order valence-electron chi connectivity index (χ0n) is 8.92. The molecule has 2 unspecified atom stereocenters. The molecule has 0 amide bonds. The minimum Gasteiger partial charge on any atom is -0.324 e. The topological polar surface area (TPSA) is 43.1 Å². The number of carbonyl (C=O) groups excluding carboxylic acids is 1. The molecule has 1 aliphatic carbocycles. The van der Waals surface area contributed by atoms with Gasteiger partial charge in [-0.25, -0.2) is 0 Å². The smallest absolute Gasteiger partial charge is 0.324 e. The monoisotopic (exact) mass is 233 g/mol. The molecule has 0 aliphatic heterocycles. The van der Waals surface area contributed by atoms with E-state index in [4.69, 9.17) is 5.73 Å². The first-order valence-electron chi connectivity index (χ1n) is 5.04. The fraction of sp³-hybridized carbons (Fsp3) is 0.545. The van der Waals surface area contributed by atoms with Crippen molar-refractivity contribution >= 4 is 5.78 Å². The molecule has 0 spiro atoms. The molecule has 0 heterocycles. The van der Waals surface area contributed by atoms with Gasteiger partial charge in [0.1, 0.15) is 0 Å². The maximum Gasteiger partial charge on any atom is 0.413 e. The second-order valence-corrected chi connectivity index (χ2v) is 3.94. The van der Waals surface area contributed by atoms with Crippen LogP contribution in [0.5, 0.6) is 0 Å². The van der Waals surface area contributed by atoms with Crippen LogP contribution >= 0.6 is 0 Å². The van der Waals surface area contributed by atoms with E-state index < -0.39 is 23.5 Å². The third kappa shape index (κ3) is 3.48. The second-order valence-electron chi connectivity index (χ2n) is 3.94. The first-order valence-corrected chi connectivity index (χ1v) is 5.04. The summed E-state index contributed by atoms with van der Waals surface area (Å²) in [6, 6.07) is -0.178. The van der Waals surface area contributed by atoms with Crippen LogP contribution in [0.3, 0.4) is 0 Å². The molecule has 0 saturated heterocycles. The van der Waals surface area contributed by atoms with E-state index in [9.17, 15) is 18.0 Å². The van der Waals surface area contributed by atoms with Crippen LogP contribution < -0.4 is 5.73 Å². The van der Waals surface area contributed by atoms with Gasteiger partial charge in [0, 0.05) is 17.5 Å². The Morgan fingerprint density at radius 3 is 2.38 bits per heavy atom. The van der Waals surface area contributed by atoms with Crippen LogP contribution in [0.15, 0.2) is 23.8 Å². The number of ketones is 1. The van der Waals surface area contributed by atoms with Crippen LogP contribution in [0.1, 0.15) is 19.8 Å². The fourth-order valence-electron chi connectivity index (χ4n) is 1.72. The van der Waals surface area contributed by atoms with Gasteiger partial charge in [0.05, 0.1) is 0 Å². The first kappa shape index (κ1) is 13.0. The number of hydrogen-bond acceptors (Lipinski definition) is 2. The van der Waals surface area contributed by atoms with E-state index in [1.807, 2.05) is 0 Å². The number of carbonyl (C=O) groups is 1. The Labute approximate surface area is 92.0 Å². The van der Waals surface area contributed by atoms with Crippen molar-refractivity contribution in [3.63, 3.8) is 0 Å². The Balaban J connectivity index is 2.95. The van der Waals surface area contributed by atoms with Gasteiger partial charge >= 0.3 is 6.18 Å². The quantitative estimate of drug-likeness (QED) is 0.587. The molecule has 2 N–H and O–H groups in total. The van der Waals surface area contributed by atoms with Crippen molar-refractivity contribution in [3.8, 4) is 0 Å². The van der Waals surface area contributed by atoms with Crippen LogP contribution in [0.4, 0.5) is 13.2 Å². The van der Waals surface area contributed by atoms with Crippen molar-refractivity contribution in [2.75, 3.05) is 0 Å². The van der Waals surface area contributed by atoms with Gasteiger partial charge in [-0.2, -0.15) is 13.2 Å². The highest BCUT2D eigenvalue weighted by molar-refractivity contribution is 5.88. The molecular formula is C11H14F3NO. The highest BCUT2D eigenvalue weighted by Crippen LogP contribution is 2.36. The molecule has 0 bridgehead atoms. The lowest BCUT2D eigenvalue weighted by Crippen LogP contribution is -2.27. The molecule has 0 radical (unpaired) electrons. The van der Waals surface area contributed by atoms with Gasteiger partial charge in [-0.05, 0) is 25.8 Å². The molecule has 90 valence electrons. The Bertz CT molecular complexity index is 331. The zero-order chi connectivity index (χ0) is 12.3. The Kier molecular flexibility index (Phi) is 3.91. The molecule has 2 atom stereocenters. The van der Waals surface area contributed by atoms with E-state index in [-0.39, 0.29) is 6.04 Å². The summed E-state index contributed by atoms with van der Waals surface area (Å²) in [5.74, 6) is -1.33. The van der Waals surface area contributed by atoms with Crippen LogP contribution in [-0.2, 0) is 4.79 Å². The summed E-state index contributed by atoms with van der Waals surface area (Å²) in [5, 5.41) is 0. The van der Waals surface area contributed by atoms with Crippen molar-refractivity contribution < 1.29 is 18.0 Å². The summed E-state index contributed by atoms with van der Waals surface area (Å²) < 4.78 is 38.0. The number of alkyl halides is 3. The molecule has 0 saturated carbocycles. The molecule has 2 nitrogen and oxygen atoms in total.